The lowest BCUT2D eigenvalue weighted by Crippen LogP contribution is -2.17. The zero-order chi connectivity index (χ0) is 10.5. The number of Topliss-reactive ketones (excluding diaryl/α,β-unsaturated/α-hetero) is 1. The minimum absolute atomic E-state index is 0.182. The predicted molar refractivity (Wildman–Crippen MR) is 60.2 cm³/mol. The number of nitrogens with zero attached hydrogens (tertiary/aromatic N) is 1. The molecule has 0 amide bonds. The van der Waals surface area contributed by atoms with Crippen molar-refractivity contribution < 1.29 is 4.79 Å². The van der Waals surface area contributed by atoms with Gasteiger partial charge in [0.15, 0.2) is 0 Å². The van der Waals surface area contributed by atoms with Gasteiger partial charge in [0.05, 0.1) is 0 Å². The van der Waals surface area contributed by atoms with Gasteiger partial charge in [-0.3, -0.25) is 4.79 Å². The molecule has 1 aliphatic heterocycles. The van der Waals surface area contributed by atoms with Gasteiger partial charge in [0, 0.05) is 25.1 Å². The molecule has 1 saturated carbocycles. The fourth-order valence-electron chi connectivity index (χ4n) is 2.43. The van der Waals surface area contributed by atoms with Gasteiger partial charge in [0.1, 0.15) is 0 Å². The summed E-state index contributed by atoms with van der Waals surface area (Å²) < 4.78 is 0. The molecule has 0 N–H and O–H groups in total. The molecule has 2 rings (SSSR count). The number of carbonyl (C=O) groups excluding carboxylic acids is 1. The summed E-state index contributed by atoms with van der Waals surface area (Å²) in [6.45, 7) is 2.09. The molecular weight excluding hydrogens is 186 g/mol. The van der Waals surface area contributed by atoms with Gasteiger partial charge in [0.2, 0.25) is 5.78 Å². The van der Waals surface area contributed by atoms with Gasteiger partial charge >= 0.3 is 0 Å². The summed E-state index contributed by atoms with van der Waals surface area (Å²) in [5, 5.41) is 0. The average Bonchev–Trinajstić information content (AvgIpc) is 2.80. The number of hydrogen-bond acceptors (Lipinski definition) is 2. The lowest BCUT2D eigenvalue weighted by atomic mass is 9.86. The minimum Gasteiger partial charge on any atom is -0.332 e. The Kier molecular flexibility index (Phi) is 3.66. The lowest BCUT2D eigenvalue weighted by Gasteiger charge is -2.17. The molecule has 0 bridgehead atoms. The van der Waals surface area contributed by atoms with Crippen molar-refractivity contribution in [1.82, 2.24) is 4.90 Å². The first kappa shape index (κ1) is 10.5. The van der Waals surface area contributed by atoms with Gasteiger partial charge in [-0.15, -0.1) is 0 Å². The average molecular weight is 205 g/mol. The Balaban J connectivity index is 1.84. The monoisotopic (exact) mass is 205 g/mol. The topological polar surface area (TPSA) is 20.3 Å². The van der Waals surface area contributed by atoms with Crippen molar-refractivity contribution in [3.05, 3.63) is 0 Å². The van der Waals surface area contributed by atoms with Gasteiger partial charge in [-0.1, -0.05) is 19.3 Å². The summed E-state index contributed by atoms with van der Waals surface area (Å²) in [5.74, 6) is 3.26. The smallest absolute Gasteiger partial charge is 0.210 e. The summed E-state index contributed by atoms with van der Waals surface area (Å²) in [6.07, 6.45) is 8.30. The second kappa shape index (κ2) is 5.21. The van der Waals surface area contributed by atoms with Crippen LogP contribution in [0.3, 0.4) is 0 Å². The highest BCUT2D eigenvalue weighted by molar-refractivity contribution is 5.97. The summed E-state index contributed by atoms with van der Waals surface area (Å²) in [4.78, 5) is 13.8. The maximum absolute atomic E-state index is 11.8. The van der Waals surface area contributed by atoms with E-state index in [-0.39, 0.29) is 11.7 Å². The second-order valence-electron chi connectivity index (χ2n) is 4.63. The zero-order valence-electron chi connectivity index (χ0n) is 9.30. The van der Waals surface area contributed by atoms with Gasteiger partial charge in [0.25, 0.3) is 0 Å². The molecule has 2 heteroatoms. The maximum Gasteiger partial charge on any atom is 0.210 e. The Labute approximate surface area is 92.0 Å². The minimum atomic E-state index is 0.182. The van der Waals surface area contributed by atoms with Crippen molar-refractivity contribution in [2.75, 3.05) is 13.1 Å². The molecule has 2 nitrogen and oxygen atoms in total. The highest BCUT2D eigenvalue weighted by Gasteiger charge is 2.19. The molecule has 1 heterocycles. The number of carbonyl (C=O) groups is 1. The van der Waals surface area contributed by atoms with E-state index in [0.717, 1.165) is 25.9 Å². The molecular formula is C13H19NO. The Morgan fingerprint density at radius 1 is 1.00 bits per heavy atom. The molecule has 1 saturated heterocycles. The van der Waals surface area contributed by atoms with Gasteiger partial charge < -0.3 is 4.90 Å². The molecule has 0 aromatic rings. The predicted octanol–water partition coefficient (Wildman–Crippen LogP) is 2.19. The van der Waals surface area contributed by atoms with Crippen LogP contribution in [0, 0.1) is 17.9 Å². The van der Waals surface area contributed by atoms with E-state index >= 15 is 0 Å². The van der Waals surface area contributed by atoms with Crippen molar-refractivity contribution in [3.8, 4) is 12.0 Å². The Morgan fingerprint density at radius 2 is 1.67 bits per heavy atom. The number of hydrogen-bond donors (Lipinski definition) is 0. The fourth-order valence-corrected chi connectivity index (χ4v) is 2.43. The highest BCUT2D eigenvalue weighted by Crippen LogP contribution is 2.23. The van der Waals surface area contributed by atoms with Crippen LogP contribution in [-0.4, -0.2) is 23.8 Å². The second-order valence-corrected chi connectivity index (χ2v) is 4.63. The lowest BCUT2D eigenvalue weighted by molar-refractivity contribution is -0.118. The maximum atomic E-state index is 11.8. The molecule has 2 fully saturated rings. The van der Waals surface area contributed by atoms with Crippen LogP contribution in [-0.2, 0) is 4.79 Å². The van der Waals surface area contributed by atoms with Crippen LogP contribution in [0.4, 0.5) is 0 Å². The van der Waals surface area contributed by atoms with Gasteiger partial charge in [-0.25, -0.2) is 0 Å². The molecule has 82 valence electrons. The Morgan fingerprint density at radius 3 is 2.33 bits per heavy atom. The van der Waals surface area contributed by atoms with Gasteiger partial charge in [-0.2, -0.15) is 0 Å². The van der Waals surface area contributed by atoms with Crippen molar-refractivity contribution in [2.45, 2.75) is 44.9 Å². The molecule has 0 aromatic heterocycles. The first-order valence-corrected chi connectivity index (χ1v) is 6.17. The SMILES string of the molecule is O=C(C#CN1CCCC1)C1CCCCC1. The third kappa shape index (κ3) is 2.99. The summed E-state index contributed by atoms with van der Waals surface area (Å²) in [7, 11) is 0. The quantitative estimate of drug-likeness (QED) is 0.612. The van der Waals surface area contributed by atoms with Crippen molar-refractivity contribution in [1.29, 1.82) is 0 Å². The third-order valence-corrected chi connectivity index (χ3v) is 3.42. The fraction of sp³-hybridized carbons (Fsp3) is 0.769. The summed E-state index contributed by atoms with van der Waals surface area (Å²) >= 11 is 0. The van der Waals surface area contributed by atoms with E-state index in [1.807, 2.05) is 0 Å². The van der Waals surface area contributed by atoms with E-state index < -0.39 is 0 Å². The van der Waals surface area contributed by atoms with E-state index in [4.69, 9.17) is 0 Å². The molecule has 2 aliphatic rings. The van der Waals surface area contributed by atoms with Gasteiger partial charge in [-0.05, 0) is 31.6 Å². The largest absolute Gasteiger partial charge is 0.332 e. The molecule has 0 unspecified atom stereocenters. The van der Waals surface area contributed by atoms with E-state index in [1.54, 1.807) is 0 Å². The molecule has 1 aliphatic carbocycles. The van der Waals surface area contributed by atoms with Crippen LogP contribution in [0.15, 0.2) is 0 Å². The van der Waals surface area contributed by atoms with Crippen LogP contribution in [0.25, 0.3) is 0 Å². The Bertz CT molecular complexity index is 275. The summed E-state index contributed by atoms with van der Waals surface area (Å²) in [5.41, 5.74) is 0. The number of ketones is 1. The highest BCUT2D eigenvalue weighted by atomic mass is 16.1. The molecule has 0 aromatic carbocycles. The standard InChI is InChI=1S/C13H19NO/c15-13(12-6-2-1-3-7-12)8-11-14-9-4-5-10-14/h12H,1-7,9-10H2. The third-order valence-electron chi connectivity index (χ3n) is 3.42. The van der Waals surface area contributed by atoms with Crippen molar-refractivity contribution >= 4 is 5.78 Å². The number of likely N-dealkylation sites (tertiary alicyclic amines) is 1. The van der Waals surface area contributed by atoms with Crippen LogP contribution >= 0.6 is 0 Å². The first-order chi connectivity index (χ1) is 7.36. The van der Waals surface area contributed by atoms with Crippen molar-refractivity contribution in [3.63, 3.8) is 0 Å². The molecule has 15 heavy (non-hydrogen) atoms. The summed E-state index contributed by atoms with van der Waals surface area (Å²) in [6, 6.07) is 3.01. The molecule has 0 atom stereocenters. The van der Waals surface area contributed by atoms with Crippen LogP contribution < -0.4 is 0 Å². The van der Waals surface area contributed by atoms with E-state index in [1.165, 1.54) is 32.1 Å². The van der Waals surface area contributed by atoms with Crippen molar-refractivity contribution in [2.24, 2.45) is 5.92 Å². The Hall–Kier alpha value is -0.970. The first-order valence-electron chi connectivity index (χ1n) is 6.17. The van der Waals surface area contributed by atoms with Crippen LogP contribution in [0.2, 0.25) is 0 Å². The molecule has 0 spiro atoms. The van der Waals surface area contributed by atoms with E-state index in [2.05, 4.69) is 16.9 Å². The number of rotatable bonds is 1. The van der Waals surface area contributed by atoms with E-state index in [0.29, 0.717) is 0 Å². The van der Waals surface area contributed by atoms with E-state index in [9.17, 15) is 4.79 Å². The molecule has 0 radical (unpaired) electrons. The van der Waals surface area contributed by atoms with Crippen LogP contribution in [0.1, 0.15) is 44.9 Å². The zero-order valence-corrected chi connectivity index (χ0v) is 9.30. The van der Waals surface area contributed by atoms with Crippen LogP contribution in [0.5, 0.6) is 0 Å². The normalized spacial score (nSPS) is 22.3.